The van der Waals surface area contributed by atoms with Gasteiger partial charge in [-0.05, 0) is 19.8 Å². The molecule has 1 N–H and O–H groups in total. The van der Waals surface area contributed by atoms with Gasteiger partial charge in [0.2, 0.25) is 0 Å². The Morgan fingerprint density at radius 3 is 2.41 bits per heavy atom. The van der Waals surface area contributed by atoms with E-state index in [1.165, 1.54) is 0 Å². The van der Waals surface area contributed by atoms with Crippen LogP contribution in [0.2, 0.25) is 0 Å². The second kappa shape index (κ2) is 5.14. The third-order valence-electron chi connectivity index (χ3n) is 3.54. The molecule has 17 heavy (non-hydrogen) atoms. The van der Waals surface area contributed by atoms with Crippen LogP contribution in [0.5, 0.6) is 0 Å². The van der Waals surface area contributed by atoms with E-state index in [-0.39, 0.29) is 18.1 Å². The van der Waals surface area contributed by atoms with Crippen molar-refractivity contribution in [3.8, 4) is 0 Å². The minimum atomic E-state index is -4.06. The minimum absolute atomic E-state index is 0.0986. The Hall–Kier alpha value is -0.290. The lowest BCUT2D eigenvalue weighted by Gasteiger charge is -2.47. The molecule has 1 aliphatic heterocycles. The SMILES string of the molecule is CC(C)C1CN(CCC(F)(F)F)C(C)(C)CN1. The van der Waals surface area contributed by atoms with Gasteiger partial charge in [-0.15, -0.1) is 0 Å². The predicted molar refractivity (Wildman–Crippen MR) is 63.0 cm³/mol. The largest absolute Gasteiger partial charge is 0.390 e. The molecule has 1 rings (SSSR count). The number of halogens is 3. The molecule has 0 saturated carbocycles. The van der Waals surface area contributed by atoms with Gasteiger partial charge in [0, 0.05) is 31.2 Å². The van der Waals surface area contributed by atoms with Gasteiger partial charge in [0.15, 0.2) is 0 Å². The van der Waals surface area contributed by atoms with Crippen LogP contribution in [0.4, 0.5) is 13.2 Å². The molecule has 1 fully saturated rings. The van der Waals surface area contributed by atoms with Crippen molar-refractivity contribution in [1.82, 2.24) is 10.2 Å². The van der Waals surface area contributed by atoms with Crippen molar-refractivity contribution in [1.29, 1.82) is 0 Å². The first-order valence-electron chi connectivity index (χ1n) is 6.17. The zero-order valence-electron chi connectivity index (χ0n) is 11.1. The van der Waals surface area contributed by atoms with E-state index in [2.05, 4.69) is 19.2 Å². The van der Waals surface area contributed by atoms with E-state index < -0.39 is 12.6 Å². The van der Waals surface area contributed by atoms with E-state index in [1.54, 1.807) is 0 Å². The van der Waals surface area contributed by atoms with E-state index >= 15 is 0 Å². The molecule has 0 spiro atoms. The Morgan fingerprint density at radius 1 is 1.35 bits per heavy atom. The Balaban J connectivity index is 2.58. The second-order valence-corrected chi connectivity index (χ2v) is 5.86. The van der Waals surface area contributed by atoms with Crippen LogP contribution in [0.1, 0.15) is 34.1 Å². The van der Waals surface area contributed by atoms with Gasteiger partial charge in [0.1, 0.15) is 0 Å². The molecule has 5 heteroatoms. The fourth-order valence-electron chi connectivity index (χ4n) is 2.14. The first kappa shape index (κ1) is 14.8. The molecule has 0 aromatic carbocycles. The molecule has 1 atom stereocenters. The zero-order valence-corrected chi connectivity index (χ0v) is 11.1. The molecular weight excluding hydrogens is 229 g/mol. The number of nitrogens with one attached hydrogen (secondary N) is 1. The van der Waals surface area contributed by atoms with Gasteiger partial charge in [-0.3, -0.25) is 4.90 Å². The summed E-state index contributed by atoms with van der Waals surface area (Å²) in [4.78, 5) is 1.96. The van der Waals surface area contributed by atoms with Gasteiger partial charge in [-0.2, -0.15) is 13.2 Å². The predicted octanol–water partition coefficient (Wildman–Crippen LogP) is 2.65. The molecule has 1 saturated heterocycles. The molecule has 0 radical (unpaired) electrons. The molecule has 1 unspecified atom stereocenters. The standard InChI is InChI=1S/C12H23F3N2/c1-9(2)10-7-17(6-5-12(13,14)15)11(3,4)8-16-10/h9-10,16H,5-8H2,1-4H3. The van der Waals surface area contributed by atoms with Crippen LogP contribution < -0.4 is 5.32 Å². The van der Waals surface area contributed by atoms with Gasteiger partial charge in [0.25, 0.3) is 0 Å². The number of nitrogens with zero attached hydrogens (tertiary/aromatic N) is 1. The van der Waals surface area contributed by atoms with Crippen molar-refractivity contribution in [2.45, 2.75) is 51.9 Å². The normalized spacial score (nSPS) is 26.5. The van der Waals surface area contributed by atoms with Crippen LogP contribution in [0.15, 0.2) is 0 Å². The third kappa shape index (κ3) is 4.47. The Kier molecular flexibility index (Phi) is 4.47. The summed E-state index contributed by atoms with van der Waals surface area (Å²) in [6, 6.07) is 0.288. The fourth-order valence-corrected chi connectivity index (χ4v) is 2.14. The Bertz CT molecular complexity index is 249. The maximum atomic E-state index is 12.3. The molecule has 1 aliphatic rings. The molecular formula is C12H23F3N2. The lowest BCUT2D eigenvalue weighted by Crippen LogP contribution is -2.63. The highest BCUT2D eigenvalue weighted by atomic mass is 19.4. The Morgan fingerprint density at radius 2 is 1.94 bits per heavy atom. The quantitative estimate of drug-likeness (QED) is 0.830. The maximum absolute atomic E-state index is 12.3. The highest BCUT2D eigenvalue weighted by Crippen LogP contribution is 2.25. The van der Waals surface area contributed by atoms with Crippen LogP contribution in [-0.4, -0.2) is 42.3 Å². The minimum Gasteiger partial charge on any atom is -0.311 e. The molecule has 0 aliphatic carbocycles. The number of piperazine rings is 1. The molecule has 1 heterocycles. The van der Waals surface area contributed by atoms with Gasteiger partial charge >= 0.3 is 6.18 Å². The first-order valence-corrected chi connectivity index (χ1v) is 6.17. The summed E-state index contributed by atoms with van der Waals surface area (Å²) < 4.78 is 36.8. The summed E-state index contributed by atoms with van der Waals surface area (Å²) >= 11 is 0. The lowest BCUT2D eigenvalue weighted by atomic mass is 9.92. The highest BCUT2D eigenvalue weighted by molar-refractivity contribution is 4.93. The van der Waals surface area contributed by atoms with Crippen LogP contribution in [0.3, 0.4) is 0 Å². The van der Waals surface area contributed by atoms with E-state index in [1.807, 2.05) is 18.7 Å². The summed E-state index contributed by atoms with van der Waals surface area (Å²) in [5.74, 6) is 0.444. The van der Waals surface area contributed by atoms with Crippen molar-refractivity contribution in [3.05, 3.63) is 0 Å². The molecule has 0 aromatic rings. The fraction of sp³-hybridized carbons (Fsp3) is 1.00. The van der Waals surface area contributed by atoms with Gasteiger partial charge in [-0.25, -0.2) is 0 Å². The highest BCUT2D eigenvalue weighted by Gasteiger charge is 2.37. The molecule has 0 aromatic heterocycles. The summed E-state index contributed by atoms with van der Waals surface area (Å²) in [5.41, 5.74) is -0.198. The Labute approximate surface area is 102 Å². The lowest BCUT2D eigenvalue weighted by molar-refractivity contribution is -0.142. The number of rotatable bonds is 3. The molecule has 0 bridgehead atoms. The van der Waals surface area contributed by atoms with E-state index in [9.17, 15) is 13.2 Å². The molecule has 102 valence electrons. The first-order chi connectivity index (χ1) is 7.62. The van der Waals surface area contributed by atoms with Gasteiger partial charge < -0.3 is 5.32 Å². The van der Waals surface area contributed by atoms with Crippen molar-refractivity contribution >= 4 is 0 Å². The van der Waals surface area contributed by atoms with Crippen molar-refractivity contribution in [2.24, 2.45) is 5.92 Å². The summed E-state index contributed by atoms with van der Waals surface area (Å²) in [5, 5.41) is 3.41. The summed E-state index contributed by atoms with van der Waals surface area (Å²) in [7, 11) is 0. The van der Waals surface area contributed by atoms with Crippen LogP contribution in [-0.2, 0) is 0 Å². The van der Waals surface area contributed by atoms with Crippen LogP contribution in [0, 0.1) is 5.92 Å². The number of hydrogen-bond acceptors (Lipinski definition) is 2. The van der Waals surface area contributed by atoms with Gasteiger partial charge in [0.05, 0.1) is 6.42 Å². The van der Waals surface area contributed by atoms with Crippen molar-refractivity contribution < 1.29 is 13.2 Å². The maximum Gasteiger partial charge on any atom is 0.390 e. The van der Waals surface area contributed by atoms with E-state index in [0.717, 1.165) is 6.54 Å². The van der Waals surface area contributed by atoms with Crippen LogP contribution in [0.25, 0.3) is 0 Å². The topological polar surface area (TPSA) is 15.3 Å². The third-order valence-corrected chi connectivity index (χ3v) is 3.54. The zero-order chi connectivity index (χ0) is 13.3. The molecule has 2 nitrogen and oxygen atoms in total. The van der Waals surface area contributed by atoms with Crippen molar-refractivity contribution in [2.75, 3.05) is 19.6 Å². The average molecular weight is 252 g/mol. The summed E-state index contributed by atoms with van der Waals surface area (Å²) in [6.07, 6.45) is -4.78. The average Bonchev–Trinajstić information content (AvgIpc) is 2.13. The van der Waals surface area contributed by atoms with E-state index in [4.69, 9.17) is 0 Å². The van der Waals surface area contributed by atoms with Crippen molar-refractivity contribution in [3.63, 3.8) is 0 Å². The smallest absolute Gasteiger partial charge is 0.311 e. The van der Waals surface area contributed by atoms with Gasteiger partial charge in [-0.1, -0.05) is 13.8 Å². The molecule has 0 amide bonds. The number of alkyl halides is 3. The van der Waals surface area contributed by atoms with Crippen LogP contribution >= 0.6 is 0 Å². The second-order valence-electron chi connectivity index (χ2n) is 5.86. The van der Waals surface area contributed by atoms with E-state index in [0.29, 0.717) is 12.5 Å². The summed E-state index contributed by atoms with van der Waals surface area (Å²) in [6.45, 7) is 9.71. The number of hydrogen-bond donors (Lipinski definition) is 1. The monoisotopic (exact) mass is 252 g/mol.